The van der Waals surface area contributed by atoms with Gasteiger partial charge in [-0.15, -0.1) is 0 Å². The van der Waals surface area contributed by atoms with Crippen molar-refractivity contribution in [2.24, 2.45) is 4.99 Å². The Bertz CT molecular complexity index is 1380. The molecule has 0 spiro atoms. The summed E-state index contributed by atoms with van der Waals surface area (Å²) < 4.78 is 12.4. The first-order valence-electron chi connectivity index (χ1n) is 10.8. The maximum atomic E-state index is 13.2. The molecule has 1 amide bonds. The predicted octanol–water partition coefficient (Wildman–Crippen LogP) is 8.62. The molecule has 4 rings (SSSR count). The lowest BCUT2D eigenvalue weighted by Gasteiger charge is -2.14. The van der Waals surface area contributed by atoms with E-state index >= 15 is 0 Å². The van der Waals surface area contributed by atoms with Crippen molar-refractivity contribution in [3.05, 3.63) is 90.2 Å². The number of carbonyl (C=O) groups excluding carboxylic acids is 1. The second kappa shape index (κ2) is 11.9. The third-order valence-electron chi connectivity index (χ3n) is 5.24. The molecule has 1 aliphatic heterocycles. The fourth-order valence-corrected chi connectivity index (χ4v) is 5.36. The summed E-state index contributed by atoms with van der Waals surface area (Å²) in [6, 6.07) is 16.1. The first-order chi connectivity index (χ1) is 17.3. The zero-order valence-electron chi connectivity index (χ0n) is 19.2. The minimum Gasteiger partial charge on any atom is -0.493 e. The molecule has 3 aromatic rings. The van der Waals surface area contributed by atoms with E-state index < -0.39 is 0 Å². The van der Waals surface area contributed by atoms with Crippen molar-refractivity contribution in [2.45, 2.75) is 13.5 Å². The Kier molecular flexibility index (Phi) is 8.91. The lowest BCUT2D eigenvalue weighted by atomic mass is 10.1. The number of nitrogens with zero attached hydrogens (tertiary/aromatic N) is 2. The summed E-state index contributed by atoms with van der Waals surface area (Å²) in [5.74, 6) is 0.898. The van der Waals surface area contributed by atoms with Crippen LogP contribution in [0.4, 0.5) is 5.69 Å². The van der Waals surface area contributed by atoms with Gasteiger partial charge in [-0.25, -0.2) is 4.99 Å². The van der Waals surface area contributed by atoms with Gasteiger partial charge in [0, 0.05) is 32.2 Å². The molecule has 186 valence electrons. The van der Waals surface area contributed by atoms with Gasteiger partial charge in [0.15, 0.2) is 16.7 Å². The SMILES string of the molecule is CCN1C(=O)/C(=C\c2cccc(OC)c2OCc2ccc(Cl)cc2Cl)SC1=Nc1ccc(Br)c(Cl)c1. The van der Waals surface area contributed by atoms with Crippen molar-refractivity contribution >= 4 is 85.3 Å². The van der Waals surface area contributed by atoms with Crippen LogP contribution < -0.4 is 9.47 Å². The minimum atomic E-state index is -0.140. The number of likely N-dealkylation sites (N-methyl/N-ethyl adjacent to an activating group) is 1. The van der Waals surface area contributed by atoms with Crippen LogP contribution in [-0.4, -0.2) is 29.6 Å². The second-order valence-electron chi connectivity index (χ2n) is 7.56. The average molecular weight is 627 g/mol. The van der Waals surface area contributed by atoms with E-state index in [2.05, 4.69) is 20.9 Å². The molecule has 0 radical (unpaired) electrons. The van der Waals surface area contributed by atoms with Crippen LogP contribution in [0.3, 0.4) is 0 Å². The smallest absolute Gasteiger partial charge is 0.266 e. The molecule has 36 heavy (non-hydrogen) atoms. The third kappa shape index (κ3) is 6.03. The number of hydrogen-bond donors (Lipinski definition) is 0. The number of para-hydroxylation sites is 1. The van der Waals surface area contributed by atoms with Crippen LogP contribution in [0.5, 0.6) is 11.5 Å². The van der Waals surface area contributed by atoms with Crippen LogP contribution in [0.25, 0.3) is 6.08 Å². The molecule has 0 aliphatic carbocycles. The quantitative estimate of drug-likeness (QED) is 0.247. The van der Waals surface area contributed by atoms with Crippen LogP contribution in [0.2, 0.25) is 15.1 Å². The largest absolute Gasteiger partial charge is 0.493 e. The van der Waals surface area contributed by atoms with E-state index in [9.17, 15) is 4.79 Å². The summed E-state index contributed by atoms with van der Waals surface area (Å²) in [5, 5.41) is 2.17. The van der Waals surface area contributed by atoms with E-state index in [1.165, 1.54) is 11.8 Å². The lowest BCUT2D eigenvalue weighted by molar-refractivity contribution is -0.122. The minimum absolute atomic E-state index is 0.140. The number of ether oxygens (including phenoxy) is 2. The van der Waals surface area contributed by atoms with Gasteiger partial charge >= 0.3 is 0 Å². The topological polar surface area (TPSA) is 51.1 Å². The Hall–Kier alpha value is -2.16. The highest BCUT2D eigenvalue weighted by Gasteiger charge is 2.32. The van der Waals surface area contributed by atoms with E-state index in [1.54, 1.807) is 42.4 Å². The number of methoxy groups -OCH3 is 1. The maximum absolute atomic E-state index is 13.2. The maximum Gasteiger partial charge on any atom is 0.266 e. The highest BCUT2D eigenvalue weighted by atomic mass is 79.9. The van der Waals surface area contributed by atoms with Crippen molar-refractivity contribution in [1.29, 1.82) is 0 Å². The number of benzene rings is 3. The van der Waals surface area contributed by atoms with Gasteiger partial charge in [0.25, 0.3) is 5.91 Å². The Labute approximate surface area is 237 Å². The van der Waals surface area contributed by atoms with Crippen LogP contribution in [0.15, 0.2) is 69.0 Å². The lowest BCUT2D eigenvalue weighted by Crippen LogP contribution is -2.28. The summed E-state index contributed by atoms with van der Waals surface area (Å²) >= 11 is 23.2. The molecule has 0 saturated carbocycles. The number of rotatable bonds is 7. The molecule has 3 aromatic carbocycles. The van der Waals surface area contributed by atoms with E-state index in [-0.39, 0.29) is 12.5 Å². The molecule has 0 aromatic heterocycles. The van der Waals surface area contributed by atoms with Crippen LogP contribution in [-0.2, 0) is 11.4 Å². The first kappa shape index (κ1) is 26.9. The van der Waals surface area contributed by atoms with Crippen LogP contribution in [0, 0.1) is 0 Å². The number of carbonyl (C=O) groups is 1. The Morgan fingerprint density at radius 2 is 1.89 bits per heavy atom. The van der Waals surface area contributed by atoms with Crippen LogP contribution >= 0.6 is 62.5 Å². The first-order valence-corrected chi connectivity index (χ1v) is 13.5. The van der Waals surface area contributed by atoms with E-state index in [0.717, 1.165) is 10.0 Å². The second-order valence-corrected chi connectivity index (χ2v) is 10.7. The fraction of sp³-hybridized carbons (Fsp3) is 0.154. The number of aliphatic imine (C=N–C) groups is 1. The Morgan fingerprint density at radius 1 is 1.08 bits per heavy atom. The van der Waals surface area contributed by atoms with Gasteiger partial charge in [-0.05, 0) is 77.1 Å². The normalized spacial score (nSPS) is 15.7. The zero-order chi connectivity index (χ0) is 25.8. The van der Waals surface area contributed by atoms with Crippen molar-refractivity contribution in [1.82, 2.24) is 4.90 Å². The summed E-state index contributed by atoms with van der Waals surface area (Å²) in [5.41, 5.74) is 2.12. The van der Waals surface area contributed by atoms with E-state index in [1.807, 2.05) is 37.3 Å². The van der Waals surface area contributed by atoms with Gasteiger partial charge in [-0.2, -0.15) is 0 Å². The number of amidine groups is 1. The average Bonchev–Trinajstić information content (AvgIpc) is 3.14. The molecule has 1 fully saturated rings. The van der Waals surface area contributed by atoms with Crippen molar-refractivity contribution < 1.29 is 14.3 Å². The van der Waals surface area contributed by atoms with Gasteiger partial charge < -0.3 is 9.47 Å². The highest BCUT2D eigenvalue weighted by molar-refractivity contribution is 9.10. The van der Waals surface area contributed by atoms with E-state index in [4.69, 9.17) is 44.3 Å². The van der Waals surface area contributed by atoms with Crippen molar-refractivity contribution in [2.75, 3.05) is 13.7 Å². The third-order valence-corrected chi connectivity index (χ3v) is 8.06. The predicted molar refractivity (Wildman–Crippen MR) is 153 cm³/mol. The summed E-state index contributed by atoms with van der Waals surface area (Å²) in [6.07, 6.45) is 1.79. The fourth-order valence-electron chi connectivity index (χ4n) is 3.43. The van der Waals surface area contributed by atoms with Crippen LogP contribution in [0.1, 0.15) is 18.1 Å². The molecule has 1 heterocycles. The molecule has 0 unspecified atom stereocenters. The highest BCUT2D eigenvalue weighted by Crippen LogP contribution is 2.39. The van der Waals surface area contributed by atoms with Gasteiger partial charge in [0.2, 0.25) is 0 Å². The number of halogens is 4. The Morgan fingerprint density at radius 3 is 2.58 bits per heavy atom. The molecule has 0 bridgehead atoms. The molecule has 10 heteroatoms. The molecule has 1 aliphatic rings. The van der Waals surface area contributed by atoms with Gasteiger partial charge in [-0.3, -0.25) is 9.69 Å². The number of amides is 1. The number of thioether (sulfide) groups is 1. The molecule has 0 N–H and O–H groups in total. The summed E-state index contributed by atoms with van der Waals surface area (Å²) in [4.78, 5) is 20.0. The van der Waals surface area contributed by atoms with Gasteiger partial charge in [0.05, 0.1) is 22.7 Å². The van der Waals surface area contributed by atoms with E-state index in [0.29, 0.717) is 54.4 Å². The van der Waals surface area contributed by atoms with Gasteiger partial charge in [0.1, 0.15) is 6.61 Å². The Balaban J connectivity index is 1.66. The summed E-state index contributed by atoms with van der Waals surface area (Å²) in [7, 11) is 1.57. The monoisotopic (exact) mass is 624 g/mol. The zero-order valence-corrected chi connectivity index (χ0v) is 23.9. The molecule has 5 nitrogen and oxygen atoms in total. The molecule has 0 atom stereocenters. The van der Waals surface area contributed by atoms with Crippen molar-refractivity contribution in [3.8, 4) is 11.5 Å². The van der Waals surface area contributed by atoms with Gasteiger partial charge in [-0.1, -0.05) is 53.0 Å². The number of hydrogen-bond acceptors (Lipinski definition) is 5. The standard InChI is InChI=1S/C26H20BrCl3N2O3S/c1-3-32-25(33)23(36-26(32)31-18-9-10-19(27)21(30)13-18)11-15-5-4-6-22(34-2)24(15)35-14-16-7-8-17(28)12-20(16)29/h4-13H,3,14H2,1-2H3/b23-11+,31-26?. The molecular weight excluding hydrogens is 607 g/mol. The molecular formula is C26H20BrCl3N2O3S. The summed E-state index contributed by atoms with van der Waals surface area (Å²) in [6.45, 7) is 2.58. The van der Waals surface area contributed by atoms with Crippen molar-refractivity contribution in [3.63, 3.8) is 0 Å². The molecule has 1 saturated heterocycles.